The molecule has 7 nitrogen and oxygen atoms in total. The van der Waals surface area contributed by atoms with Crippen molar-refractivity contribution in [3.63, 3.8) is 0 Å². The number of benzene rings is 1. The van der Waals surface area contributed by atoms with Gasteiger partial charge in [0.2, 0.25) is 0 Å². The summed E-state index contributed by atoms with van der Waals surface area (Å²) in [5, 5.41) is 12.1. The molecule has 0 unspecified atom stereocenters. The second-order valence-corrected chi connectivity index (χ2v) is 7.03. The molecule has 0 fully saturated rings. The molecule has 31 heavy (non-hydrogen) atoms. The predicted molar refractivity (Wildman–Crippen MR) is 108 cm³/mol. The first-order valence-electron chi connectivity index (χ1n) is 9.74. The lowest BCUT2D eigenvalue weighted by molar-refractivity contribution is -0.141. The number of carbonyl (C=O) groups is 1. The topological polar surface area (TPSA) is 88.7 Å². The summed E-state index contributed by atoms with van der Waals surface area (Å²) < 4.78 is 50.2. The summed E-state index contributed by atoms with van der Waals surface area (Å²) in [4.78, 5) is 16.9. The predicted octanol–water partition coefficient (Wildman–Crippen LogP) is 4.80. The van der Waals surface area contributed by atoms with Gasteiger partial charge in [-0.1, -0.05) is 18.5 Å². The van der Waals surface area contributed by atoms with E-state index in [1.54, 1.807) is 6.07 Å². The summed E-state index contributed by atoms with van der Waals surface area (Å²) in [5.41, 5.74) is -0.247. The van der Waals surface area contributed by atoms with Gasteiger partial charge < -0.3 is 19.3 Å². The molecule has 166 valence electrons. The molecule has 1 aromatic carbocycles. The van der Waals surface area contributed by atoms with Gasteiger partial charge in [0.25, 0.3) is 0 Å². The van der Waals surface area contributed by atoms with Gasteiger partial charge >= 0.3 is 12.1 Å². The molecule has 0 amide bonds. The van der Waals surface area contributed by atoms with Crippen molar-refractivity contribution in [2.24, 2.45) is 0 Å². The highest BCUT2D eigenvalue weighted by Gasteiger charge is 2.37. The number of anilines is 1. The van der Waals surface area contributed by atoms with Crippen LogP contribution in [0.4, 0.5) is 19.0 Å². The minimum Gasteiger partial charge on any atom is -0.493 e. The number of aromatic carboxylic acids is 1. The van der Waals surface area contributed by atoms with Crippen LogP contribution in [-0.2, 0) is 12.6 Å². The van der Waals surface area contributed by atoms with E-state index in [0.717, 1.165) is 0 Å². The number of aryl methyl sites for hydroxylation is 1. The fourth-order valence-corrected chi connectivity index (χ4v) is 3.20. The lowest BCUT2D eigenvalue weighted by Gasteiger charge is -2.18. The molecule has 3 aromatic rings. The standard InChI is InChI=1S/C21H22F3N3O4/c1-3-5-14-16(8-7-15-18(14)31-26-19(15)21(22,23)24)30-11-4-10-27(2)17-9-6-13(12-25-17)20(28)29/h6-9,12H,3-5,10-11H2,1-2H3,(H,28,29). The molecule has 0 spiro atoms. The number of hydrogen-bond donors (Lipinski definition) is 1. The molecule has 0 saturated carbocycles. The molecule has 3 rings (SSSR count). The van der Waals surface area contributed by atoms with Gasteiger partial charge in [-0.15, -0.1) is 0 Å². The normalized spacial score (nSPS) is 11.6. The molecule has 0 saturated heterocycles. The first kappa shape index (κ1) is 22.4. The van der Waals surface area contributed by atoms with Crippen LogP contribution >= 0.6 is 0 Å². The maximum absolute atomic E-state index is 13.1. The number of nitrogens with zero attached hydrogens (tertiary/aromatic N) is 3. The van der Waals surface area contributed by atoms with E-state index < -0.39 is 17.8 Å². The van der Waals surface area contributed by atoms with Crippen LogP contribution in [0.3, 0.4) is 0 Å². The number of rotatable bonds is 9. The largest absolute Gasteiger partial charge is 0.493 e. The van der Waals surface area contributed by atoms with Crippen LogP contribution in [0.15, 0.2) is 35.0 Å². The van der Waals surface area contributed by atoms with E-state index in [1.807, 2.05) is 18.9 Å². The number of pyridine rings is 1. The summed E-state index contributed by atoms with van der Waals surface area (Å²) in [6.07, 6.45) is -1.47. The third-order valence-electron chi connectivity index (χ3n) is 4.75. The highest BCUT2D eigenvalue weighted by atomic mass is 19.4. The van der Waals surface area contributed by atoms with Gasteiger partial charge in [0, 0.05) is 25.4 Å². The van der Waals surface area contributed by atoms with E-state index in [4.69, 9.17) is 14.4 Å². The number of aromatic nitrogens is 2. The van der Waals surface area contributed by atoms with Crippen molar-refractivity contribution >= 4 is 22.8 Å². The van der Waals surface area contributed by atoms with Crippen molar-refractivity contribution in [3.8, 4) is 5.75 Å². The van der Waals surface area contributed by atoms with Crippen molar-refractivity contribution in [3.05, 3.63) is 47.3 Å². The van der Waals surface area contributed by atoms with Crippen LogP contribution in [0.2, 0.25) is 0 Å². The summed E-state index contributed by atoms with van der Waals surface area (Å²) in [6, 6.07) is 5.95. The van der Waals surface area contributed by atoms with E-state index in [2.05, 4.69) is 10.1 Å². The molecule has 2 aromatic heterocycles. The summed E-state index contributed by atoms with van der Waals surface area (Å²) in [6.45, 7) is 2.84. The lowest BCUT2D eigenvalue weighted by Crippen LogP contribution is -2.21. The monoisotopic (exact) mass is 437 g/mol. The van der Waals surface area contributed by atoms with Crippen LogP contribution in [0.25, 0.3) is 11.0 Å². The van der Waals surface area contributed by atoms with E-state index >= 15 is 0 Å². The highest BCUT2D eigenvalue weighted by Crippen LogP contribution is 2.38. The Labute approximate surface area is 176 Å². The number of ether oxygens (including phenoxy) is 1. The average Bonchev–Trinajstić information content (AvgIpc) is 3.17. The van der Waals surface area contributed by atoms with Gasteiger partial charge in [-0.05, 0) is 37.1 Å². The van der Waals surface area contributed by atoms with E-state index in [0.29, 0.717) is 49.5 Å². The zero-order valence-electron chi connectivity index (χ0n) is 17.1. The van der Waals surface area contributed by atoms with Crippen LogP contribution in [0.5, 0.6) is 5.75 Å². The Kier molecular flexibility index (Phi) is 6.67. The molecule has 0 atom stereocenters. The van der Waals surface area contributed by atoms with Gasteiger partial charge in [-0.3, -0.25) is 0 Å². The Hall–Kier alpha value is -3.30. The third-order valence-corrected chi connectivity index (χ3v) is 4.75. The SMILES string of the molecule is CCCc1c(OCCCN(C)c2ccc(C(=O)O)cn2)ccc2c(C(F)(F)F)noc12. The van der Waals surface area contributed by atoms with Crippen LogP contribution in [0, 0.1) is 0 Å². The molecule has 0 aliphatic carbocycles. The lowest BCUT2D eigenvalue weighted by atomic mass is 10.0. The Morgan fingerprint density at radius 3 is 2.65 bits per heavy atom. The minimum absolute atomic E-state index is 0.0704. The number of fused-ring (bicyclic) bond motifs is 1. The Bertz CT molecular complexity index is 1050. The highest BCUT2D eigenvalue weighted by molar-refractivity contribution is 5.87. The quantitative estimate of drug-likeness (QED) is 0.481. The zero-order valence-corrected chi connectivity index (χ0v) is 17.1. The van der Waals surface area contributed by atoms with Gasteiger partial charge in [-0.25, -0.2) is 9.78 Å². The van der Waals surface area contributed by atoms with E-state index in [9.17, 15) is 18.0 Å². The first-order chi connectivity index (χ1) is 14.7. The van der Waals surface area contributed by atoms with Crippen molar-refractivity contribution in [1.82, 2.24) is 10.1 Å². The number of carboxylic acids is 1. The van der Waals surface area contributed by atoms with E-state index in [-0.39, 0.29) is 16.5 Å². The van der Waals surface area contributed by atoms with Crippen LogP contribution in [-0.4, -0.2) is 41.4 Å². The smallest absolute Gasteiger partial charge is 0.437 e. The Balaban J connectivity index is 1.65. The van der Waals surface area contributed by atoms with Gasteiger partial charge in [0.15, 0.2) is 11.3 Å². The molecule has 0 bridgehead atoms. The molecule has 10 heteroatoms. The van der Waals surface area contributed by atoms with Crippen molar-refractivity contribution in [1.29, 1.82) is 0 Å². The Morgan fingerprint density at radius 1 is 1.26 bits per heavy atom. The first-order valence-corrected chi connectivity index (χ1v) is 9.74. The van der Waals surface area contributed by atoms with Crippen molar-refractivity contribution in [2.75, 3.05) is 25.1 Å². The molecule has 0 radical (unpaired) electrons. The third kappa shape index (κ3) is 5.07. The summed E-state index contributed by atoms with van der Waals surface area (Å²) in [5.74, 6) is 0.0642. The molecule has 0 aliphatic heterocycles. The minimum atomic E-state index is -4.58. The maximum atomic E-state index is 13.1. The number of halogens is 3. The molecular formula is C21H22F3N3O4. The van der Waals surface area contributed by atoms with Gasteiger partial charge in [-0.2, -0.15) is 13.2 Å². The molecule has 1 N–H and O–H groups in total. The fraction of sp³-hybridized carbons (Fsp3) is 0.381. The van der Waals surface area contributed by atoms with Crippen molar-refractivity contribution in [2.45, 2.75) is 32.4 Å². The average molecular weight is 437 g/mol. The molecule has 0 aliphatic rings. The second-order valence-electron chi connectivity index (χ2n) is 7.03. The summed E-state index contributed by atoms with van der Waals surface area (Å²) >= 11 is 0. The number of carboxylic acid groups (broad SMARTS) is 1. The van der Waals surface area contributed by atoms with E-state index in [1.165, 1.54) is 24.4 Å². The fourth-order valence-electron chi connectivity index (χ4n) is 3.20. The van der Waals surface area contributed by atoms with Crippen LogP contribution in [0.1, 0.15) is 41.4 Å². The number of hydrogen-bond acceptors (Lipinski definition) is 6. The molecular weight excluding hydrogens is 415 g/mol. The maximum Gasteiger partial charge on any atom is 0.437 e. The summed E-state index contributed by atoms with van der Waals surface area (Å²) in [7, 11) is 1.82. The van der Waals surface area contributed by atoms with Crippen LogP contribution < -0.4 is 9.64 Å². The second kappa shape index (κ2) is 9.23. The van der Waals surface area contributed by atoms with Crippen molar-refractivity contribution < 1.29 is 32.3 Å². The zero-order chi connectivity index (χ0) is 22.6. The Morgan fingerprint density at radius 2 is 2.03 bits per heavy atom. The number of alkyl halides is 3. The van der Waals surface area contributed by atoms with Gasteiger partial charge in [0.05, 0.1) is 17.6 Å². The molecule has 2 heterocycles. The van der Waals surface area contributed by atoms with Gasteiger partial charge in [0.1, 0.15) is 11.6 Å².